The Kier molecular flexibility index (Phi) is 4.57. The first kappa shape index (κ1) is 14.3. The number of nitro benzene ring substituents is 1. The van der Waals surface area contributed by atoms with Crippen LogP contribution >= 0.6 is 11.3 Å². The van der Waals surface area contributed by atoms with Crippen molar-refractivity contribution in [3.8, 4) is 0 Å². The van der Waals surface area contributed by atoms with Crippen molar-refractivity contribution >= 4 is 28.4 Å². The van der Waals surface area contributed by atoms with Crippen molar-refractivity contribution in [3.05, 3.63) is 50.2 Å². The second-order valence-electron chi connectivity index (χ2n) is 4.42. The van der Waals surface area contributed by atoms with Crippen LogP contribution in [-0.4, -0.2) is 11.5 Å². The number of hydrogen-bond donors (Lipinski definition) is 2. The average Bonchev–Trinajstić information content (AvgIpc) is 2.82. The third-order valence-corrected chi connectivity index (χ3v) is 3.77. The second-order valence-corrected chi connectivity index (χ2v) is 5.79. The van der Waals surface area contributed by atoms with Crippen LogP contribution < -0.4 is 10.6 Å². The minimum absolute atomic E-state index is 0.0910. The zero-order chi connectivity index (χ0) is 14.5. The maximum Gasteiger partial charge on any atom is 0.273 e. The molecule has 0 amide bonds. The van der Waals surface area contributed by atoms with Crippen molar-refractivity contribution in [2.45, 2.75) is 20.4 Å². The lowest BCUT2D eigenvalue weighted by Crippen LogP contribution is -2.02. The summed E-state index contributed by atoms with van der Waals surface area (Å²) in [4.78, 5) is 13.0. The molecule has 6 heteroatoms. The Bertz CT molecular complexity index is 610. The molecule has 2 aromatic rings. The first-order chi connectivity index (χ1) is 9.58. The van der Waals surface area contributed by atoms with Crippen LogP contribution in [0.2, 0.25) is 0 Å². The number of rotatable bonds is 6. The molecule has 0 saturated carbocycles. The van der Waals surface area contributed by atoms with E-state index in [1.807, 2.05) is 13.0 Å². The molecular weight excluding hydrogens is 274 g/mol. The van der Waals surface area contributed by atoms with Gasteiger partial charge in [-0.1, -0.05) is 0 Å². The minimum atomic E-state index is -0.374. The van der Waals surface area contributed by atoms with Gasteiger partial charge in [-0.25, -0.2) is 0 Å². The van der Waals surface area contributed by atoms with E-state index < -0.39 is 0 Å². The van der Waals surface area contributed by atoms with Crippen LogP contribution in [0.15, 0.2) is 30.3 Å². The molecule has 0 aliphatic heterocycles. The summed E-state index contributed by atoms with van der Waals surface area (Å²) in [5.74, 6) is 0. The van der Waals surface area contributed by atoms with Gasteiger partial charge in [0.25, 0.3) is 5.69 Å². The molecule has 0 aliphatic rings. The SMILES string of the molecule is CCNc1cc(NCc2ccc(C)s2)cc([N+](=O)[O-])c1. The molecule has 1 heterocycles. The van der Waals surface area contributed by atoms with Crippen molar-refractivity contribution < 1.29 is 4.92 Å². The number of nitro groups is 1. The van der Waals surface area contributed by atoms with Gasteiger partial charge in [-0.15, -0.1) is 11.3 Å². The smallest absolute Gasteiger partial charge is 0.273 e. The van der Waals surface area contributed by atoms with Gasteiger partial charge in [0.1, 0.15) is 0 Å². The molecule has 0 aliphatic carbocycles. The van der Waals surface area contributed by atoms with Crippen LogP contribution in [0.5, 0.6) is 0 Å². The standard InChI is InChI=1S/C14H17N3O2S/c1-3-15-11-6-12(8-13(7-11)17(18)19)16-9-14-5-4-10(2)20-14/h4-8,15-16H,3,9H2,1-2H3. The highest BCUT2D eigenvalue weighted by atomic mass is 32.1. The Morgan fingerprint density at radius 2 is 1.90 bits per heavy atom. The molecule has 0 fully saturated rings. The molecule has 0 radical (unpaired) electrons. The van der Waals surface area contributed by atoms with Crippen molar-refractivity contribution in [2.24, 2.45) is 0 Å². The Morgan fingerprint density at radius 1 is 1.20 bits per heavy atom. The van der Waals surface area contributed by atoms with Gasteiger partial charge in [-0.05, 0) is 32.0 Å². The fourth-order valence-corrected chi connectivity index (χ4v) is 2.72. The second kappa shape index (κ2) is 6.38. The zero-order valence-corrected chi connectivity index (χ0v) is 12.3. The summed E-state index contributed by atoms with van der Waals surface area (Å²) in [6, 6.07) is 9.12. The molecule has 2 N–H and O–H groups in total. The summed E-state index contributed by atoms with van der Waals surface area (Å²) in [6.07, 6.45) is 0. The van der Waals surface area contributed by atoms with Crippen LogP contribution in [0.25, 0.3) is 0 Å². The number of aryl methyl sites for hydroxylation is 1. The predicted molar refractivity (Wildman–Crippen MR) is 83.6 cm³/mol. The number of non-ortho nitro benzene ring substituents is 1. The molecule has 0 saturated heterocycles. The molecular formula is C14H17N3O2S. The van der Waals surface area contributed by atoms with Gasteiger partial charge in [0.15, 0.2) is 0 Å². The molecule has 2 rings (SSSR count). The van der Waals surface area contributed by atoms with E-state index in [1.165, 1.54) is 9.75 Å². The highest BCUT2D eigenvalue weighted by Gasteiger charge is 2.09. The van der Waals surface area contributed by atoms with Gasteiger partial charge in [-0.3, -0.25) is 10.1 Å². The highest BCUT2D eigenvalue weighted by molar-refractivity contribution is 7.11. The molecule has 106 valence electrons. The third-order valence-electron chi connectivity index (χ3n) is 2.77. The van der Waals surface area contributed by atoms with Gasteiger partial charge < -0.3 is 10.6 Å². The Labute approximate surface area is 121 Å². The summed E-state index contributed by atoms with van der Waals surface area (Å²) in [5, 5.41) is 17.3. The zero-order valence-electron chi connectivity index (χ0n) is 11.5. The van der Waals surface area contributed by atoms with E-state index in [1.54, 1.807) is 23.5 Å². The molecule has 1 aromatic heterocycles. The molecule has 0 atom stereocenters. The summed E-state index contributed by atoms with van der Waals surface area (Å²) < 4.78 is 0. The van der Waals surface area contributed by atoms with Gasteiger partial charge >= 0.3 is 0 Å². The van der Waals surface area contributed by atoms with Crippen molar-refractivity contribution in [1.29, 1.82) is 0 Å². The number of benzene rings is 1. The first-order valence-electron chi connectivity index (χ1n) is 6.41. The van der Waals surface area contributed by atoms with E-state index in [9.17, 15) is 10.1 Å². The van der Waals surface area contributed by atoms with E-state index >= 15 is 0 Å². The fraction of sp³-hybridized carbons (Fsp3) is 0.286. The average molecular weight is 291 g/mol. The van der Waals surface area contributed by atoms with Gasteiger partial charge in [0, 0.05) is 46.4 Å². The van der Waals surface area contributed by atoms with Crippen LogP contribution in [-0.2, 0) is 6.54 Å². The number of nitrogens with zero attached hydrogens (tertiary/aromatic N) is 1. The maximum absolute atomic E-state index is 10.9. The molecule has 0 unspecified atom stereocenters. The Morgan fingerprint density at radius 3 is 2.45 bits per heavy atom. The van der Waals surface area contributed by atoms with E-state index in [0.29, 0.717) is 6.54 Å². The summed E-state index contributed by atoms with van der Waals surface area (Å²) in [5.41, 5.74) is 1.60. The quantitative estimate of drug-likeness (QED) is 0.623. The lowest BCUT2D eigenvalue weighted by atomic mass is 10.2. The Hall–Kier alpha value is -2.08. The van der Waals surface area contributed by atoms with E-state index in [4.69, 9.17) is 0 Å². The van der Waals surface area contributed by atoms with Gasteiger partial charge in [0.05, 0.1) is 4.92 Å². The number of thiophene rings is 1. The van der Waals surface area contributed by atoms with Gasteiger partial charge in [0.2, 0.25) is 0 Å². The molecule has 5 nitrogen and oxygen atoms in total. The monoisotopic (exact) mass is 291 g/mol. The predicted octanol–water partition coefficient (Wildman–Crippen LogP) is 4.01. The lowest BCUT2D eigenvalue weighted by molar-refractivity contribution is -0.384. The normalized spacial score (nSPS) is 10.3. The number of hydrogen-bond acceptors (Lipinski definition) is 5. The molecule has 0 spiro atoms. The lowest BCUT2D eigenvalue weighted by Gasteiger charge is -2.09. The summed E-state index contributed by atoms with van der Waals surface area (Å²) in [6.45, 7) is 5.42. The molecule has 1 aromatic carbocycles. The van der Waals surface area contributed by atoms with Crippen LogP contribution in [0.4, 0.5) is 17.1 Å². The molecule has 0 bridgehead atoms. The van der Waals surface area contributed by atoms with Crippen LogP contribution in [0, 0.1) is 17.0 Å². The summed E-state index contributed by atoms with van der Waals surface area (Å²) in [7, 11) is 0. The maximum atomic E-state index is 10.9. The van der Waals surface area contributed by atoms with Crippen molar-refractivity contribution in [2.75, 3.05) is 17.2 Å². The topological polar surface area (TPSA) is 67.2 Å². The Balaban J connectivity index is 2.15. The van der Waals surface area contributed by atoms with Crippen LogP contribution in [0.1, 0.15) is 16.7 Å². The summed E-state index contributed by atoms with van der Waals surface area (Å²) >= 11 is 1.72. The van der Waals surface area contributed by atoms with E-state index in [0.717, 1.165) is 17.9 Å². The van der Waals surface area contributed by atoms with E-state index in [-0.39, 0.29) is 10.6 Å². The van der Waals surface area contributed by atoms with Crippen molar-refractivity contribution in [3.63, 3.8) is 0 Å². The first-order valence-corrected chi connectivity index (χ1v) is 7.22. The highest BCUT2D eigenvalue weighted by Crippen LogP contribution is 2.25. The number of anilines is 2. The molecule has 20 heavy (non-hydrogen) atoms. The third kappa shape index (κ3) is 3.71. The number of nitrogens with one attached hydrogen (secondary N) is 2. The van der Waals surface area contributed by atoms with Crippen molar-refractivity contribution in [1.82, 2.24) is 0 Å². The minimum Gasteiger partial charge on any atom is -0.385 e. The largest absolute Gasteiger partial charge is 0.385 e. The van der Waals surface area contributed by atoms with E-state index in [2.05, 4.69) is 29.7 Å². The fourth-order valence-electron chi connectivity index (χ4n) is 1.89. The van der Waals surface area contributed by atoms with Gasteiger partial charge in [-0.2, -0.15) is 0 Å². The van der Waals surface area contributed by atoms with Crippen LogP contribution in [0.3, 0.4) is 0 Å².